The zero-order valence-corrected chi connectivity index (χ0v) is 10.2. The van der Waals surface area contributed by atoms with Gasteiger partial charge in [0.1, 0.15) is 12.4 Å². The second-order valence-electron chi connectivity index (χ2n) is 3.87. The Hall–Kier alpha value is -1.74. The van der Waals surface area contributed by atoms with E-state index in [1.165, 1.54) is 0 Å². The highest BCUT2D eigenvalue weighted by molar-refractivity contribution is 5.40. The van der Waals surface area contributed by atoms with Crippen LogP contribution in [0, 0.1) is 15.9 Å². The quantitative estimate of drug-likeness (QED) is 0.363. The Morgan fingerprint density at radius 3 is 2.65 bits per heavy atom. The highest BCUT2D eigenvalue weighted by atomic mass is 19.4. The van der Waals surface area contributed by atoms with Crippen LogP contribution >= 0.6 is 0 Å². The third-order valence-corrected chi connectivity index (χ3v) is 2.24. The van der Waals surface area contributed by atoms with Crippen LogP contribution in [0.1, 0.15) is 5.56 Å². The molecule has 1 rings (SSSR count). The first kappa shape index (κ1) is 16.3. The number of hydrogen-bond donors (Lipinski definition) is 1. The summed E-state index contributed by atoms with van der Waals surface area (Å²) in [7, 11) is 0. The third kappa shape index (κ3) is 5.93. The Balaban J connectivity index is 2.38. The molecule has 0 aliphatic rings. The fourth-order valence-electron chi connectivity index (χ4n) is 1.43. The van der Waals surface area contributed by atoms with Gasteiger partial charge in [0.05, 0.1) is 11.5 Å². The first-order chi connectivity index (χ1) is 9.29. The topological polar surface area (TPSA) is 64.4 Å². The van der Waals surface area contributed by atoms with Gasteiger partial charge in [0.2, 0.25) is 0 Å². The molecule has 0 radical (unpaired) electrons. The van der Waals surface area contributed by atoms with Crippen molar-refractivity contribution in [1.29, 1.82) is 0 Å². The number of hydrogen-bond acceptors (Lipinski definition) is 4. The van der Waals surface area contributed by atoms with Crippen LogP contribution in [0.2, 0.25) is 0 Å². The number of alkyl halides is 3. The summed E-state index contributed by atoms with van der Waals surface area (Å²) in [6.07, 6.45) is -4.39. The molecule has 0 bridgehead atoms. The largest absolute Gasteiger partial charge is 0.411 e. The normalized spacial score (nSPS) is 11.6. The number of rotatable bonds is 7. The smallest absolute Gasteiger partial charge is 0.371 e. The SMILES string of the molecule is O=[N+]([O-])c1ccc(F)cc1CNCCOCC(F)(F)F. The number of ether oxygens (including phenoxy) is 1. The maximum Gasteiger partial charge on any atom is 0.411 e. The lowest BCUT2D eigenvalue weighted by Gasteiger charge is -2.08. The number of nitrogens with zero attached hydrogens (tertiary/aromatic N) is 1. The zero-order valence-electron chi connectivity index (χ0n) is 10.2. The van der Waals surface area contributed by atoms with Crippen LogP contribution in [0.4, 0.5) is 23.2 Å². The van der Waals surface area contributed by atoms with E-state index >= 15 is 0 Å². The van der Waals surface area contributed by atoms with Crippen LogP contribution in [0.3, 0.4) is 0 Å². The number of nitrogens with one attached hydrogen (secondary N) is 1. The molecule has 0 unspecified atom stereocenters. The monoisotopic (exact) mass is 296 g/mol. The molecule has 0 heterocycles. The van der Waals surface area contributed by atoms with Crippen LogP contribution in [0.25, 0.3) is 0 Å². The van der Waals surface area contributed by atoms with Gasteiger partial charge in [0.25, 0.3) is 5.69 Å². The number of nitro benzene ring substituents is 1. The lowest BCUT2D eigenvalue weighted by atomic mass is 10.1. The van der Waals surface area contributed by atoms with Gasteiger partial charge in [0, 0.05) is 24.7 Å². The van der Waals surface area contributed by atoms with Crippen molar-refractivity contribution in [2.75, 3.05) is 19.8 Å². The summed E-state index contributed by atoms with van der Waals surface area (Å²) in [5.41, 5.74) is -0.138. The van der Waals surface area contributed by atoms with Crippen LogP contribution in [0.15, 0.2) is 18.2 Å². The molecule has 1 aromatic rings. The van der Waals surface area contributed by atoms with Crippen LogP contribution < -0.4 is 5.32 Å². The standard InChI is InChI=1S/C11H12F4N2O3/c12-9-1-2-10(17(18)19)8(5-9)6-16-3-4-20-7-11(13,14)15/h1-2,5,16H,3-4,6-7H2. The highest BCUT2D eigenvalue weighted by Crippen LogP contribution is 2.19. The molecule has 1 aromatic carbocycles. The van der Waals surface area contributed by atoms with E-state index in [2.05, 4.69) is 10.1 Å². The molecule has 112 valence electrons. The van der Waals surface area contributed by atoms with Crippen molar-refractivity contribution >= 4 is 5.69 Å². The Labute approximate surface area is 111 Å². The molecule has 0 spiro atoms. The predicted molar refractivity (Wildman–Crippen MR) is 61.6 cm³/mol. The minimum atomic E-state index is -4.39. The van der Waals surface area contributed by atoms with Gasteiger partial charge in [-0.3, -0.25) is 10.1 Å². The molecule has 0 saturated carbocycles. The van der Waals surface area contributed by atoms with Gasteiger partial charge < -0.3 is 10.1 Å². The molecular weight excluding hydrogens is 284 g/mol. The molecule has 1 N–H and O–H groups in total. The van der Waals surface area contributed by atoms with Crippen molar-refractivity contribution in [3.8, 4) is 0 Å². The summed E-state index contributed by atoms with van der Waals surface area (Å²) in [5, 5.41) is 13.3. The minimum Gasteiger partial charge on any atom is -0.371 e. The van der Waals surface area contributed by atoms with E-state index in [1.54, 1.807) is 0 Å². The van der Waals surface area contributed by atoms with Crippen LogP contribution in [-0.2, 0) is 11.3 Å². The number of benzene rings is 1. The van der Waals surface area contributed by atoms with Crippen molar-refractivity contribution < 1.29 is 27.2 Å². The van der Waals surface area contributed by atoms with E-state index in [0.29, 0.717) is 0 Å². The number of halogens is 4. The Kier molecular flexibility index (Phi) is 5.83. The van der Waals surface area contributed by atoms with Crippen molar-refractivity contribution in [3.63, 3.8) is 0 Å². The maximum atomic E-state index is 13.0. The van der Waals surface area contributed by atoms with Gasteiger partial charge in [-0.15, -0.1) is 0 Å². The molecular formula is C11H12F4N2O3. The van der Waals surface area contributed by atoms with Crippen molar-refractivity contribution in [2.45, 2.75) is 12.7 Å². The Morgan fingerprint density at radius 2 is 2.05 bits per heavy atom. The van der Waals surface area contributed by atoms with E-state index in [9.17, 15) is 27.7 Å². The van der Waals surface area contributed by atoms with E-state index in [1.807, 2.05) is 0 Å². The summed E-state index contributed by atoms with van der Waals surface area (Å²) >= 11 is 0. The average molecular weight is 296 g/mol. The predicted octanol–water partition coefficient (Wildman–Crippen LogP) is 2.40. The highest BCUT2D eigenvalue weighted by Gasteiger charge is 2.27. The molecule has 0 aromatic heterocycles. The Bertz CT molecular complexity index is 465. The van der Waals surface area contributed by atoms with Crippen LogP contribution in [-0.4, -0.2) is 30.9 Å². The molecule has 0 atom stereocenters. The summed E-state index contributed by atoms with van der Waals surface area (Å²) in [4.78, 5) is 10.0. The lowest BCUT2D eigenvalue weighted by molar-refractivity contribution is -0.385. The summed E-state index contributed by atoms with van der Waals surface area (Å²) in [5.74, 6) is -0.624. The molecule has 0 aliphatic heterocycles. The fourth-order valence-corrected chi connectivity index (χ4v) is 1.43. The van der Waals surface area contributed by atoms with Crippen molar-refractivity contribution in [1.82, 2.24) is 5.32 Å². The van der Waals surface area contributed by atoms with E-state index in [0.717, 1.165) is 18.2 Å². The van der Waals surface area contributed by atoms with Gasteiger partial charge in [0.15, 0.2) is 0 Å². The molecule has 0 fully saturated rings. The Morgan fingerprint density at radius 1 is 1.35 bits per heavy atom. The molecule has 0 saturated heterocycles. The van der Waals surface area contributed by atoms with E-state index in [-0.39, 0.29) is 30.9 Å². The maximum absolute atomic E-state index is 13.0. The third-order valence-electron chi connectivity index (χ3n) is 2.24. The molecule has 9 heteroatoms. The van der Waals surface area contributed by atoms with Gasteiger partial charge in [-0.2, -0.15) is 13.2 Å². The average Bonchev–Trinajstić information content (AvgIpc) is 2.32. The minimum absolute atomic E-state index is 0.0382. The first-order valence-electron chi connectivity index (χ1n) is 5.57. The first-order valence-corrected chi connectivity index (χ1v) is 5.57. The second kappa shape index (κ2) is 7.15. The molecule has 5 nitrogen and oxygen atoms in total. The molecule has 0 aliphatic carbocycles. The van der Waals surface area contributed by atoms with Gasteiger partial charge >= 0.3 is 6.18 Å². The zero-order chi connectivity index (χ0) is 15.2. The summed E-state index contributed by atoms with van der Waals surface area (Å²) in [6, 6.07) is 3.00. The number of nitro groups is 1. The molecule has 0 amide bonds. The molecule has 20 heavy (non-hydrogen) atoms. The van der Waals surface area contributed by atoms with E-state index < -0.39 is 23.5 Å². The van der Waals surface area contributed by atoms with Crippen molar-refractivity contribution in [2.24, 2.45) is 0 Å². The second-order valence-corrected chi connectivity index (χ2v) is 3.87. The summed E-state index contributed by atoms with van der Waals surface area (Å²) < 4.78 is 52.6. The van der Waals surface area contributed by atoms with Gasteiger partial charge in [-0.25, -0.2) is 4.39 Å². The van der Waals surface area contributed by atoms with E-state index in [4.69, 9.17) is 0 Å². The van der Waals surface area contributed by atoms with Crippen LogP contribution in [0.5, 0.6) is 0 Å². The van der Waals surface area contributed by atoms with Crippen molar-refractivity contribution in [3.05, 3.63) is 39.7 Å². The van der Waals surface area contributed by atoms with Gasteiger partial charge in [-0.05, 0) is 12.1 Å². The lowest BCUT2D eigenvalue weighted by Crippen LogP contribution is -2.24. The van der Waals surface area contributed by atoms with Gasteiger partial charge in [-0.1, -0.05) is 0 Å². The summed E-state index contributed by atoms with van der Waals surface area (Å²) in [6.45, 7) is -1.54. The fraction of sp³-hybridized carbons (Fsp3) is 0.455.